The molecule has 0 radical (unpaired) electrons. The van der Waals surface area contributed by atoms with Crippen molar-refractivity contribution in [3.63, 3.8) is 0 Å². The Morgan fingerprint density at radius 2 is 0.893 bits per heavy atom. The predicted molar refractivity (Wildman–Crippen MR) is 225 cm³/mol. The fourth-order valence-electron chi connectivity index (χ4n) is 7.72. The van der Waals surface area contributed by atoms with Crippen LogP contribution in [0.5, 0.6) is 0 Å². The molecule has 0 fully saturated rings. The minimum absolute atomic E-state index is 0.568. The molecular weight excluding hydrogens is 689 g/mol. The molecule has 0 bridgehead atoms. The lowest BCUT2D eigenvalue weighted by Crippen LogP contribution is -2.00. The number of furan rings is 1. The summed E-state index contributed by atoms with van der Waals surface area (Å²) in [5.41, 5.74) is 10.9. The first-order valence-corrected chi connectivity index (χ1v) is 18.6. The van der Waals surface area contributed by atoms with E-state index in [0.29, 0.717) is 23.4 Å². The second-order valence-electron chi connectivity index (χ2n) is 13.8. The minimum atomic E-state index is 0.568. The highest BCUT2D eigenvalue weighted by Gasteiger charge is 2.21. The molecule has 0 aliphatic heterocycles. The third-order valence-corrected chi connectivity index (χ3v) is 10.4. The van der Waals surface area contributed by atoms with E-state index in [1.165, 1.54) is 0 Å². The van der Waals surface area contributed by atoms with Crippen molar-refractivity contribution in [1.29, 1.82) is 0 Å². The van der Waals surface area contributed by atoms with Crippen LogP contribution in [0.15, 0.2) is 191 Å². The molecule has 0 atom stereocenters. The van der Waals surface area contributed by atoms with E-state index in [4.69, 9.17) is 28.8 Å². The molecule has 6 nitrogen and oxygen atoms in total. The van der Waals surface area contributed by atoms with E-state index < -0.39 is 0 Å². The Kier molecular flexibility index (Phi) is 7.38. The van der Waals surface area contributed by atoms with Gasteiger partial charge in [0.05, 0.1) is 0 Å². The molecule has 3 heterocycles. The molecule has 0 saturated carbocycles. The molecule has 262 valence electrons. The largest absolute Gasteiger partial charge is 0.455 e. The summed E-state index contributed by atoms with van der Waals surface area (Å²) in [7, 11) is 0. The summed E-state index contributed by atoms with van der Waals surface area (Å²) in [4.78, 5) is 20.4. The zero-order valence-corrected chi connectivity index (χ0v) is 29.9. The lowest BCUT2D eigenvalue weighted by molar-refractivity contribution is 0.623. The summed E-state index contributed by atoms with van der Waals surface area (Å²) < 4.78 is 13.0. The van der Waals surface area contributed by atoms with E-state index in [9.17, 15) is 0 Å². The van der Waals surface area contributed by atoms with Gasteiger partial charge in [-0.1, -0.05) is 140 Å². The van der Waals surface area contributed by atoms with Crippen molar-refractivity contribution >= 4 is 43.8 Å². The fraction of sp³-hybridized carbons (Fsp3) is 0. The maximum atomic E-state index is 6.60. The summed E-state index contributed by atoms with van der Waals surface area (Å²) in [6.07, 6.45) is 0. The van der Waals surface area contributed by atoms with Crippen molar-refractivity contribution in [3.8, 4) is 67.9 Å². The SMILES string of the molecule is c1ccc(-c2nc(-c3cccc(-c4cc5nc(-c6ccccc6)oc5c5ccccc45)c3)nc(-c3ccc(-c4ccccc4)c4oc5ccccc5c34)n2)cc1. The van der Waals surface area contributed by atoms with Gasteiger partial charge in [-0.3, -0.25) is 0 Å². The number of aromatic nitrogens is 4. The van der Waals surface area contributed by atoms with E-state index in [1.54, 1.807) is 0 Å². The van der Waals surface area contributed by atoms with Crippen LogP contribution in [0.1, 0.15) is 0 Å². The van der Waals surface area contributed by atoms with E-state index in [-0.39, 0.29) is 0 Å². The van der Waals surface area contributed by atoms with Gasteiger partial charge in [0.15, 0.2) is 23.1 Å². The van der Waals surface area contributed by atoms with Crippen LogP contribution >= 0.6 is 0 Å². The van der Waals surface area contributed by atoms with Crippen LogP contribution in [-0.4, -0.2) is 19.9 Å². The number of oxazole rings is 1. The molecule has 8 aromatic carbocycles. The van der Waals surface area contributed by atoms with Gasteiger partial charge in [-0.25, -0.2) is 19.9 Å². The first-order valence-electron chi connectivity index (χ1n) is 18.6. The van der Waals surface area contributed by atoms with Crippen LogP contribution in [0.4, 0.5) is 0 Å². The van der Waals surface area contributed by atoms with Crippen LogP contribution in [0.3, 0.4) is 0 Å². The normalized spacial score (nSPS) is 11.6. The molecule has 0 amide bonds. The lowest BCUT2D eigenvalue weighted by atomic mass is 9.96. The molecular formula is C50H30N4O2. The molecule has 11 aromatic rings. The Bertz CT molecular complexity index is 3240. The van der Waals surface area contributed by atoms with E-state index in [2.05, 4.69) is 78.9 Å². The standard InChI is InChI=1S/C50H30N4O2/c1-4-15-31(16-5-1)36-27-28-40(44-39-25-12-13-26-43(39)55-46(36)44)49-53-47(32-17-6-2-7-18-32)52-48(54-49)35-22-14-21-34(29-35)41-30-42-45(38-24-11-10-23-37(38)41)56-50(51-42)33-19-8-3-9-20-33/h1-30H. The third-order valence-electron chi connectivity index (χ3n) is 10.4. The number of rotatable bonds is 6. The van der Waals surface area contributed by atoms with Gasteiger partial charge in [-0.15, -0.1) is 0 Å². The Morgan fingerprint density at radius 3 is 1.66 bits per heavy atom. The maximum Gasteiger partial charge on any atom is 0.227 e. The van der Waals surface area contributed by atoms with Crippen LogP contribution in [0.2, 0.25) is 0 Å². The van der Waals surface area contributed by atoms with Gasteiger partial charge in [0.25, 0.3) is 0 Å². The first-order chi connectivity index (χ1) is 27.7. The monoisotopic (exact) mass is 718 g/mol. The number of benzene rings is 8. The lowest BCUT2D eigenvalue weighted by Gasteiger charge is -2.12. The van der Waals surface area contributed by atoms with Gasteiger partial charge in [0.2, 0.25) is 5.89 Å². The zero-order valence-electron chi connectivity index (χ0n) is 29.9. The van der Waals surface area contributed by atoms with E-state index >= 15 is 0 Å². The van der Waals surface area contributed by atoms with E-state index in [1.807, 2.05) is 103 Å². The van der Waals surface area contributed by atoms with E-state index in [0.717, 1.165) is 88.3 Å². The average molecular weight is 719 g/mol. The van der Waals surface area contributed by atoms with Crippen molar-refractivity contribution in [2.45, 2.75) is 0 Å². The molecule has 6 heteroatoms. The highest BCUT2D eigenvalue weighted by Crippen LogP contribution is 2.42. The average Bonchev–Trinajstić information content (AvgIpc) is 3.90. The predicted octanol–water partition coefficient (Wildman–Crippen LogP) is 13.1. The maximum absolute atomic E-state index is 6.60. The molecule has 3 aromatic heterocycles. The smallest absolute Gasteiger partial charge is 0.227 e. The molecule has 0 spiro atoms. The summed E-state index contributed by atoms with van der Waals surface area (Å²) in [6, 6.07) is 61.6. The van der Waals surface area contributed by atoms with Crippen molar-refractivity contribution in [3.05, 3.63) is 182 Å². The summed E-state index contributed by atoms with van der Waals surface area (Å²) in [6.45, 7) is 0. The van der Waals surface area contributed by atoms with Crippen LogP contribution < -0.4 is 0 Å². The van der Waals surface area contributed by atoms with Gasteiger partial charge in [0, 0.05) is 44.0 Å². The molecule has 0 N–H and O–H groups in total. The Hall–Kier alpha value is -7.70. The van der Waals surface area contributed by atoms with Crippen LogP contribution in [-0.2, 0) is 0 Å². The molecule has 0 saturated heterocycles. The molecule has 0 aliphatic rings. The van der Waals surface area contributed by atoms with Gasteiger partial charge in [0.1, 0.15) is 16.7 Å². The van der Waals surface area contributed by atoms with Crippen LogP contribution in [0.25, 0.3) is 112 Å². The number of hydrogen-bond donors (Lipinski definition) is 0. The highest BCUT2D eigenvalue weighted by molar-refractivity contribution is 6.16. The Labute approximate surface area is 321 Å². The molecule has 11 rings (SSSR count). The van der Waals surface area contributed by atoms with Gasteiger partial charge in [-0.2, -0.15) is 0 Å². The summed E-state index contributed by atoms with van der Waals surface area (Å²) in [5, 5.41) is 4.05. The minimum Gasteiger partial charge on any atom is -0.455 e. The number of para-hydroxylation sites is 1. The van der Waals surface area contributed by atoms with Gasteiger partial charge in [-0.05, 0) is 64.5 Å². The summed E-state index contributed by atoms with van der Waals surface area (Å²) >= 11 is 0. The second kappa shape index (κ2) is 13.0. The quantitative estimate of drug-likeness (QED) is 0.170. The van der Waals surface area contributed by atoms with Crippen molar-refractivity contribution in [2.24, 2.45) is 0 Å². The fourth-order valence-corrected chi connectivity index (χ4v) is 7.72. The number of fused-ring (bicyclic) bond motifs is 6. The number of nitrogens with zero attached hydrogens (tertiary/aromatic N) is 4. The zero-order chi connectivity index (χ0) is 37.0. The van der Waals surface area contributed by atoms with Crippen molar-refractivity contribution in [2.75, 3.05) is 0 Å². The first kappa shape index (κ1) is 31.8. The Balaban J connectivity index is 1.11. The molecule has 0 aliphatic carbocycles. The highest BCUT2D eigenvalue weighted by atomic mass is 16.3. The Morgan fingerprint density at radius 1 is 0.321 bits per heavy atom. The topological polar surface area (TPSA) is 77.8 Å². The van der Waals surface area contributed by atoms with Crippen LogP contribution in [0, 0.1) is 0 Å². The molecule has 0 unspecified atom stereocenters. The third kappa shape index (κ3) is 5.35. The number of hydrogen-bond acceptors (Lipinski definition) is 6. The molecule has 56 heavy (non-hydrogen) atoms. The van der Waals surface area contributed by atoms with Crippen molar-refractivity contribution < 1.29 is 8.83 Å². The second-order valence-corrected chi connectivity index (χ2v) is 13.8. The van der Waals surface area contributed by atoms with Gasteiger partial charge < -0.3 is 8.83 Å². The summed E-state index contributed by atoms with van der Waals surface area (Å²) in [5.74, 6) is 2.33. The van der Waals surface area contributed by atoms with Gasteiger partial charge >= 0.3 is 0 Å². The van der Waals surface area contributed by atoms with Crippen molar-refractivity contribution in [1.82, 2.24) is 19.9 Å².